The Balaban J connectivity index is 2.01. The van der Waals surface area contributed by atoms with Crippen LogP contribution >= 0.6 is 0 Å². The average molecular weight is 268 g/mol. The second-order valence-corrected chi connectivity index (χ2v) is 4.58. The highest BCUT2D eigenvalue weighted by atomic mass is 16.5. The number of carbonyl (C=O) groups is 1. The van der Waals surface area contributed by atoms with Crippen LogP contribution in [0.25, 0.3) is 0 Å². The first kappa shape index (κ1) is 14.1. The van der Waals surface area contributed by atoms with Crippen molar-refractivity contribution in [2.75, 3.05) is 12.4 Å². The predicted octanol–water partition coefficient (Wildman–Crippen LogP) is 3.33. The maximum absolute atomic E-state index is 12.2. The summed E-state index contributed by atoms with van der Waals surface area (Å²) < 4.78 is 5.21. The third-order valence-electron chi connectivity index (χ3n) is 3.06. The minimum atomic E-state index is -0.345. The smallest absolute Gasteiger partial charge is 0.227 e. The van der Waals surface area contributed by atoms with Crippen LogP contribution in [0, 0.1) is 12.8 Å². The van der Waals surface area contributed by atoms with Crippen LogP contribution in [0.15, 0.2) is 54.6 Å². The number of carbonyl (C=O) groups excluding carboxylic acids is 1. The van der Waals surface area contributed by atoms with Gasteiger partial charge in [-0.05, 0) is 31.0 Å². The molecule has 1 radical (unpaired) electrons. The number of methoxy groups -OCH3 is 1. The lowest BCUT2D eigenvalue weighted by atomic mass is 10.0. The quantitative estimate of drug-likeness (QED) is 0.903. The molecule has 1 amide bonds. The standard InChI is InChI=1S/C17H18NO2/c1-13(12-14-8-4-3-5-9-14)17(19)18-15-10-6-7-11-16(15)20-2/h3-11,13H,1,12H2,2H3,(H,18,19)/t13-/m0/s1. The van der Waals surface area contributed by atoms with Gasteiger partial charge in [-0.1, -0.05) is 42.5 Å². The Morgan fingerprint density at radius 2 is 1.80 bits per heavy atom. The van der Waals surface area contributed by atoms with Gasteiger partial charge in [0.1, 0.15) is 5.75 Å². The maximum atomic E-state index is 12.2. The lowest BCUT2D eigenvalue weighted by molar-refractivity contribution is -0.118. The van der Waals surface area contributed by atoms with Gasteiger partial charge < -0.3 is 10.1 Å². The van der Waals surface area contributed by atoms with Crippen LogP contribution < -0.4 is 10.1 Å². The molecule has 103 valence electrons. The minimum Gasteiger partial charge on any atom is -0.495 e. The summed E-state index contributed by atoms with van der Waals surface area (Å²) in [6.45, 7) is 3.93. The van der Waals surface area contributed by atoms with E-state index in [9.17, 15) is 4.79 Å². The highest BCUT2D eigenvalue weighted by Gasteiger charge is 2.15. The summed E-state index contributed by atoms with van der Waals surface area (Å²) in [6.07, 6.45) is 0.613. The SMILES string of the molecule is [CH2][C@@H](Cc1ccccc1)C(=O)Nc1ccccc1OC. The molecule has 3 nitrogen and oxygen atoms in total. The summed E-state index contributed by atoms with van der Waals surface area (Å²) in [7, 11) is 1.58. The first-order chi connectivity index (χ1) is 9.70. The molecule has 2 aromatic rings. The summed E-state index contributed by atoms with van der Waals surface area (Å²) in [4.78, 5) is 12.2. The lowest BCUT2D eigenvalue weighted by Crippen LogP contribution is -2.22. The molecule has 1 atom stereocenters. The van der Waals surface area contributed by atoms with Crippen molar-refractivity contribution >= 4 is 11.6 Å². The molecule has 0 saturated carbocycles. The van der Waals surface area contributed by atoms with E-state index in [1.165, 1.54) is 0 Å². The van der Waals surface area contributed by atoms with Crippen molar-refractivity contribution in [3.8, 4) is 5.75 Å². The molecule has 0 bridgehead atoms. The maximum Gasteiger partial charge on any atom is 0.227 e. The van der Waals surface area contributed by atoms with Crippen LogP contribution in [0.4, 0.5) is 5.69 Å². The van der Waals surface area contributed by atoms with Gasteiger partial charge in [0.15, 0.2) is 0 Å². The van der Waals surface area contributed by atoms with Crippen molar-refractivity contribution in [2.45, 2.75) is 6.42 Å². The number of hydrogen-bond acceptors (Lipinski definition) is 2. The number of nitrogens with one attached hydrogen (secondary N) is 1. The molecule has 2 aromatic carbocycles. The van der Waals surface area contributed by atoms with E-state index < -0.39 is 0 Å². The first-order valence-electron chi connectivity index (χ1n) is 6.51. The molecule has 0 fully saturated rings. The first-order valence-corrected chi connectivity index (χ1v) is 6.51. The predicted molar refractivity (Wildman–Crippen MR) is 80.6 cm³/mol. The Kier molecular flexibility index (Phi) is 4.77. The van der Waals surface area contributed by atoms with Gasteiger partial charge in [-0.25, -0.2) is 0 Å². The minimum absolute atomic E-state index is 0.113. The number of hydrogen-bond donors (Lipinski definition) is 1. The topological polar surface area (TPSA) is 38.3 Å². The summed E-state index contributed by atoms with van der Waals surface area (Å²) in [5.41, 5.74) is 1.77. The molecule has 0 saturated heterocycles. The highest BCUT2D eigenvalue weighted by Crippen LogP contribution is 2.23. The second kappa shape index (κ2) is 6.75. The third-order valence-corrected chi connectivity index (χ3v) is 3.06. The van der Waals surface area contributed by atoms with Crippen molar-refractivity contribution in [1.82, 2.24) is 0 Å². The van der Waals surface area contributed by atoms with Crippen molar-refractivity contribution in [3.63, 3.8) is 0 Å². The van der Waals surface area contributed by atoms with E-state index in [-0.39, 0.29) is 11.8 Å². The van der Waals surface area contributed by atoms with Crippen LogP contribution in [0.3, 0.4) is 0 Å². The lowest BCUT2D eigenvalue weighted by Gasteiger charge is -2.14. The Morgan fingerprint density at radius 3 is 2.50 bits per heavy atom. The molecule has 2 rings (SSSR count). The van der Waals surface area contributed by atoms with Crippen molar-refractivity contribution in [3.05, 3.63) is 67.1 Å². The fourth-order valence-corrected chi connectivity index (χ4v) is 1.97. The molecule has 0 unspecified atom stereocenters. The molecule has 20 heavy (non-hydrogen) atoms. The third kappa shape index (κ3) is 3.60. The van der Waals surface area contributed by atoms with E-state index in [2.05, 4.69) is 12.2 Å². The van der Waals surface area contributed by atoms with E-state index in [1.54, 1.807) is 7.11 Å². The number of anilines is 1. The van der Waals surface area contributed by atoms with Crippen molar-refractivity contribution in [1.29, 1.82) is 0 Å². The molecule has 0 spiro atoms. The van der Waals surface area contributed by atoms with Gasteiger partial charge in [-0.15, -0.1) is 0 Å². The molecule has 0 aromatic heterocycles. The number of amides is 1. The molecular formula is C17H18NO2. The monoisotopic (exact) mass is 268 g/mol. The largest absolute Gasteiger partial charge is 0.495 e. The van der Waals surface area contributed by atoms with Gasteiger partial charge in [0.2, 0.25) is 5.91 Å². The van der Waals surface area contributed by atoms with Gasteiger partial charge in [0, 0.05) is 5.92 Å². The number of rotatable bonds is 5. The zero-order chi connectivity index (χ0) is 14.4. The summed E-state index contributed by atoms with van der Waals surface area (Å²) >= 11 is 0. The Labute approximate surface area is 119 Å². The fourth-order valence-electron chi connectivity index (χ4n) is 1.97. The van der Waals surface area contributed by atoms with E-state index in [4.69, 9.17) is 4.74 Å². The Hall–Kier alpha value is -2.29. The number of para-hydroxylation sites is 2. The summed E-state index contributed by atoms with van der Waals surface area (Å²) in [5, 5.41) is 2.86. The fraction of sp³-hybridized carbons (Fsp3) is 0.176. The van der Waals surface area contributed by atoms with Crippen LogP contribution in [0.1, 0.15) is 5.56 Å². The number of ether oxygens (including phenoxy) is 1. The molecule has 0 aliphatic carbocycles. The zero-order valence-electron chi connectivity index (χ0n) is 11.5. The van der Waals surface area contributed by atoms with Crippen LogP contribution in [-0.2, 0) is 11.2 Å². The molecule has 0 heterocycles. The second-order valence-electron chi connectivity index (χ2n) is 4.58. The van der Waals surface area contributed by atoms with E-state index in [0.717, 1.165) is 5.56 Å². The summed E-state index contributed by atoms with van der Waals surface area (Å²) in [6, 6.07) is 17.2. The molecule has 0 aliphatic rings. The molecule has 0 aliphatic heterocycles. The van der Waals surface area contributed by atoms with E-state index in [1.807, 2.05) is 54.6 Å². The molecular weight excluding hydrogens is 250 g/mol. The van der Waals surface area contributed by atoms with Crippen LogP contribution in [0.2, 0.25) is 0 Å². The van der Waals surface area contributed by atoms with Crippen molar-refractivity contribution < 1.29 is 9.53 Å². The van der Waals surface area contributed by atoms with Crippen LogP contribution in [0.5, 0.6) is 5.75 Å². The molecule has 1 N–H and O–H groups in total. The normalized spacial score (nSPS) is 11.7. The molecule has 3 heteroatoms. The van der Waals surface area contributed by atoms with Crippen LogP contribution in [-0.4, -0.2) is 13.0 Å². The van der Waals surface area contributed by atoms with Gasteiger partial charge >= 0.3 is 0 Å². The van der Waals surface area contributed by atoms with Gasteiger partial charge in [-0.2, -0.15) is 0 Å². The highest BCUT2D eigenvalue weighted by molar-refractivity contribution is 5.94. The zero-order valence-corrected chi connectivity index (χ0v) is 11.5. The van der Waals surface area contributed by atoms with Gasteiger partial charge in [0.05, 0.1) is 12.8 Å². The van der Waals surface area contributed by atoms with E-state index in [0.29, 0.717) is 17.9 Å². The average Bonchev–Trinajstić information content (AvgIpc) is 2.48. The van der Waals surface area contributed by atoms with Gasteiger partial charge in [0.25, 0.3) is 0 Å². The summed E-state index contributed by atoms with van der Waals surface area (Å²) in [5.74, 6) is 0.188. The Morgan fingerprint density at radius 1 is 1.15 bits per heavy atom. The van der Waals surface area contributed by atoms with Crippen molar-refractivity contribution in [2.24, 2.45) is 5.92 Å². The Bertz CT molecular complexity index is 566. The number of benzene rings is 2. The van der Waals surface area contributed by atoms with E-state index >= 15 is 0 Å². The van der Waals surface area contributed by atoms with Gasteiger partial charge in [-0.3, -0.25) is 4.79 Å².